The van der Waals surface area contributed by atoms with Crippen molar-refractivity contribution in [2.45, 2.75) is 52.7 Å². The zero-order chi connectivity index (χ0) is 20.1. The second-order valence-electron chi connectivity index (χ2n) is 8.07. The van der Waals surface area contributed by atoms with Gasteiger partial charge in [-0.25, -0.2) is 14.9 Å². The lowest BCUT2D eigenvalue weighted by atomic mass is 9.86. The average molecular weight is 381 g/mol. The quantitative estimate of drug-likeness (QED) is 0.751. The maximum Gasteiger partial charge on any atom is 0.322 e. The minimum Gasteiger partial charge on any atom is -0.424 e. The molecule has 0 radical (unpaired) electrons. The summed E-state index contributed by atoms with van der Waals surface area (Å²) in [5.74, 6) is 0.169. The van der Waals surface area contributed by atoms with E-state index in [9.17, 15) is 9.59 Å². The fourth-order valence-corrected chi connectivity index (χ4v) is 3.63. The molecular weight excluding hydrogens is 358 g/mol. The van der Waals surface area contributed by atoms with E-state index in [-0.39, 0.29) is 29.8 Å². The van der Waals surface area contributed by atoms with E-state index < -0.39 is 5.41 Å². The number of benzene rings is 1. The Morgan fingerprint density at radius 2 is 1.89 bits per heavy atom. The number of amides is 2. The van der Waals surface area contributed by atoms with E-state index in [1.165, 1.54) is 17.3 Å². The number of carbonyl (C=O) groups excluding carboxylic acids is 2. The summed E-state index contributed by atoms with van der Waals surface area (Å²) in [6.07, 6.45) is 3.70. The van der Waals surface area contributed by atoms with Gasteiger partial charge >= 0.3 is 6.01 Å². The van der Waals surface area contributed by atoms with Crippen molar-refractivity contribution in [1.82, 2.24) is 9.97 Å². The number of nitrogens with zero attached hydrogens (tertiary/aromatic N) is 3. The zero-order valence-electron chi connectivity index (χ0n) is 16.5. The Bertz CT molecular complexity index is 955. The molecule has 2 aromatic rings. The monoisotopic (exact) mass is 381 g/mol. The lowest BCUT2D eigenvalue weighted by Crippen LogP contribution is -2.34. The van der Waals surface area contributed by atoms with Crippen molar-refractivity contribution in [3.8, 4) is 11.8 Å². The second kappa shape index (κ2) is 6.38. The molecule has 1 atom stereocenters. The van der Waals surface area contributed by atoms with Crippen LogP contribution in [0.3, 0.4) is 0 Å². The SMILES string of the molecule is CC[C@@]1(C)CC(=O)N(c2cnc(Oc3ccc4c(c3)C(C)(C)OC4)nc2)C1=O. The van der Waals surface area contributed by atoms with Crippen LogP contribution in [0.15, 0.2) is 30.6 Å². The number of aromatic nitrogens is 2. The normalized spacial score (nSPS) is 23.2. The third kappa shape index (κ3) is 2.96. The number of hydrogen-bond donors (Lipinski definition) is 0. The third-order valence-corrected chi connectivity index (χ3v) is 5.69. The fraction of sp³-hybridized carbons (Fsp3) is 0.429. The molecule has 7 nitrogen and oxygen atoms in total. The molecular formula is C21H23N3O4. The summed E-state index contributed by atoms with van der Waals surface area (Å²) in [5, 5.41) is 0. The van der Waals surface area contributed by atoms with E-state index in [1.54, 1.807) is 0 Å². The van der Waals surface area contributed by atoms with E-state index in [0.29, 0.717) is 24.5 Å². The lowest BCUT2D eigenvalue weighted by molar-refractivity contribution is -0.125. The van der Waals surface area contributed by atoms with Crippen LogP contribution in [0, 0.1) is 5.41 Å². The van der Waals surface area contributed by atoms with Gasteiger partial charge in [0.25, 0.3) is 0 Å². The second-order valence-corrected chi connectivity index (χ2v) is 8.07. The molecule has 7 heteroatoms. The van der Waals surface area contributed by atoms with Gasteiger partial charge in [0.05, 0.1) is 35.7 Å². The summed E-state index contributed by atoms with van der Waals surface area (Å²) in [6.45, 7) is 8.34. The topological polar surface area (TPSA) is 81.6 Å². The molecule has 1 aromatic heterocycles. The van der Waals surface area contributed by atoms with E-state index >= 15 is 0 Å². The van der Waals surface area contributed by atoms with E-state index in [4.69, 9.17) is 9.47 Å². The molecule has 0 spiro atoms. The fourth-order valence-electron chi connectivity index (χ4n) is 3.63. The Morgan fingerprint density at radius 3 is 2.54 bits per heavy atom. The van der Waals surface area contributed by atoms with Gasteiger partial charge in [-0.1, -0.05) is 19.9 Å². The Balaban J connectivity index is 1.54. The molecule has 2 amide bonds. The first-order valence-electron chi connectivity index (χ1n) is 9.38. The number of fused-ring (bicyclic) bond motifs is 1. The molecule has 0 unspecified atom stereocenters. The highest BCUT2D eigenvalue weighted by atomic mass is 16.5. The summed E-state index contributed by atoms with van der Waals surface area (Å²) in [6, 6.07) is 5.90. The molecule has 0 N–H and O–H groups in total. The van der Waals surface area contributed by atoms with Gasteiger partial charge in [-0.15, -0.1) is 0 Å². The molecule has 2 aliphatic rings. The first kappa shape index (κ1) is 18.6. The van der Waals surface area contributed by atoms with Crippen molar-refractivity contribution in [2.24, 2.45) is 5.41 Å². The molecule has 28 heavy (non-hydrogen) atoms. The lowest BCUT2D eigenvalue weighted by Gasteiger charge is -2.20. The molecule has 0 aliphatic carbocycles. The number of hydrogen-bond acceptors (Lipinski definition) is 6. The van der Waals surface area contributed by atoms with Gasteiger partial charge in [-0.2, -0.15) is 0 Å². The number of imide groups is 1. The number of carbonyl (C=O) groups is 2. The summed E-state index contributed by atoms with van der Waals surface area (Å²) in [7, 11) is 0. The average Bonchev–Trinajstić information content (AvgIpc) is 3.09. The van der Waals surface area contributed by atoms with Gasteiger partial charge in [0, 0.05) is 6.42 Å². The van der Waals surface area contributed by atoms with Crippen molar-refractivity contribution < 1.29 is 19.1 Å². The first-order valence-corrected chi connectivity index (χ1v) is 9.38. The van der Waals surface area contributed by atoms with Crippen LogP contribution in [0.4, 0.5) is 5.69 Å². The highest BCUT2D eigenvalue weighted by Crippen LogP contribution is 2.39. The van der Waals surface area contributed by atoms with Crippen molar-refractivity contribution in [3.05, 3.63) is 41.7 Å². The predicted octanol–water partition coefficient (Wildman–Crippen LogP) is 3.71. The molecule has 0 saturated carbocycles. The van der Waals surface area contributed by atoms with E-state index in [1.807, 2.05) is 45.9 Å². The van der Waals surface area contributed by atoms with Crippen molar-refractivity contribution in [2.75, 3.05) is 4.90 Å². The maximum absolute atomic E-state index is 12.6. The van der Waals surface area contributed by atoms with Crippen LogP contribution in [-0.2, 0) is 26.5 Å². The van der Waals surface area contributed by atoms with Crippen LogP contribution >= 0.6 is 0 Å². The minimum atomic E-state index is -0.661. The Morgan fingerprint density at radius 1 is 1.18 bits per heavy atom. The van der Waals surface area contributed by atoms with Crippen molar-refractivity contribution >= 4 is 17.5 Å². The van der Waals surface area contributed by atoms with Crippen LogP contribution < -0.4 is 9.64 Å². The van der Waals surface area contributed by atoms with Gasteiger partial charge in [-0.05, 0) is 43.5 Å². The first-order chi connectivity index (χ1) is 13.2. The summed E-state index contributed by atoms with van der Waals surface area (Å²) < 4.78 is 11.5. The van der Waals surface area contributed by atoms with Crippen molar-refractivity contribution in [1.29, 1.82) is 0 Å². The number of anilines is 1. The molecule has 1 aromatic carbocycles. The summed E-state index contributed by atoms with van der Waals surface area (Å²) in [5.41, 5.74) is 1.56. The van der Waals surface area contributed by atoms with Gasteiger partial charge in [0.2, 0.25) is 11.8 Å². The molecule has 146 valence electrons. The predicted molar refractivity (Wildman–Crippen MR) is 102 cm³/mol. The van der Waals surface area contributed by atoms with Gasteiger partial charge in [-0.3, -0.25) is 9.59 Å². The molecule has 0 bridgehead atoms. The van der Waals surface area contributed by atoms with E-state index in [0.717, 1.165) is 11.1 Å². The number of ether oxygens (including phenoxy) is 2. The van der Waals surface area contributed by atoms with Crippen molar-refractivity contribution in [3.63, 3.8) is 0 Å². The Kier molecular flexibility index (Phi) is 4.23. The molecule has 4 rings (SSSR count). The molecule has 3 heterocycles. The summed E-state index contributed by atoms with van der Waals surface area (Å²) >= 11 is 0. The molecule has 1 saturated heterocycles. The standard InChI is InChI=1S/C21H23N3O4/c1-5-21(4)9-17(25)24(18(21)26)14-10-22-19(23-11-14)28-15-7-6-13-12-27-20(2,3)16(13)8-15/h6-8,10-11H,5,9,12H2,1-4H3/t21-/m0/s1. The maximum atomic E-state index is 12.6. The van der Waals surface area contributed by atoms with Crippen LogP contribution in [0.1, 0.15) is 51.7 Å². The van der Waals surface area contributed by atoms with E-state index in [2.05, 4.69) is 9.97 Å². The minimum absolute atomic E-state index is 0.151. The third-order valence-electron chi connectivity index (χ3n) is 5.69. The number of rotatable bonds is 4. The smallest absolute Gasteiger partial charge is 0.322 e. The zero-order valence-corrected chi connectivity index (χ0v) is 16.5. The van der Waals surface area contributed by atoms with Crippen LogP contribution in [0.25, 0.3) is 0 Å². The highest BCUT2D eigenvalue weighted by Gasteiger charge is 2.47. The summed E-state index contributed by atoms with van der Waals surface area (Å²) in [4.78, 5) is 34.5. The highest BCUT2D eigenvalue weighted by molar-refractivity contribution is 6.22. The van der Waals surface area contributed by atoms with Gasteiger partial charge in [0.15, 0.2) is 0 Å². The van der Waals surface area contributed by atoms with Crippen LogP contribution in [0.5, 0.6) is 11.8 Å². The Hall–Kier alpha value is -2.80. The molecule has 2 aliphatic heterocycles. The van der Waals surface area contributed by atoms with Gasteiger partial charge in [0.1, 0.15) is 5.75 Å². The Labute approximate surface area is 163 Å². The van der Waals surface area contributed by atoms with Crippen LogP contribution in [-0.4, -0.2) is 21.8 Å². The van der Waals surface area contributed by atoms with Gasteiger partial charge < -0.3 is 9.47 Å². The van der Waals surface area contributed by atoms with Crippen LogP contribution in [0.2, 0.25) is 0 Å². The molecule has 1 fully saturated rings. The largest absolute Gasteiger partial charge is 0.424 e.